The van der Waals surface area contributed by atoms with Gasteiger partial charge in [0.15, 0.2) is 5.96 Å². The maximum absolute atomic E-state index is 5.84. The summed E-state index contributed by atoms with van der Waals surface area (Å²) in [5.41, 5.74) is 5.84. The Kier molecular flexibility index (Phi) is 4.20. The van der Waals surface area contributed by atoms with Gasteiger partial charge >= 0.3 is 0 Å². The number of piperazine rings is 1. The molecule has 82 valence electrons. The maximum Gasteiger partial charge on any atom is 0.191 e. The first kappa shape index (κ1) is 11.3. The molecule has 0 aromatic rings. The van der Waals surface area contributed by atoms with E-state index in [-0.39, 0.29) is 0 Å². The third-order valence-electron chi connectivity index (χ3n) is 2.69. The second-order valence-electron chi connectivity index (χ2n) is 3.95. The van der Waals surface area contributed by atoms with Crippen LogP contribution < -0.4 is 5.73 Å². The molecule has 0 bridgehead atoms. The van der Waals surface area contributed by atoms with Crippen LogP contribution in [0.3, 0.4) is 0 Å². The minimum absolute atomic E-state index is 0.640. The van der Waals surface area contributed by atoms with Crippen LogP contribution in [0.1, 0.15) is 20.8 Å². The Morgan fingerprint density at radius 1 is 1.29 bits per heavy atom. The van der Waals surface area contributed by atoms with Crippen LogP contribution in [-0.4, -0.2) is 54.5 Å². The van der Waals surface area contributed by atoms with Crippen LogP contribution in [0.4, 0.5) is 0 Å². The van der Waals surface area contributed by atoms with E-state index in [2.05, 4.69) is 28.6 Å². The van der Waals surface area contributed by atoms with Crippen LogP contribution in [-0.2, 0) is 0 Å². The van der Waals surface area contributed by atoms with Crippen LogP contribution in [0.25, 0.3) is 0 Å². The summed E-state index contributed by atoms with van der Waals surface area (Å²) in [5.74, 6) is 0.705. The molecule has 2 N–H and O–H groups in total. The molecule has 1 saturated heterocycles. The van der Waals surface area contributed by atoms with Gasteiger partial charge in [-0.1, -0.05) is 0 Å². The van der Waals surface area contributed by atoms with Gasteiger partial charge in [-0.05, 0) is 20.8 Å². The molecule has 4 nitrogen and oxygen atoms in total. The molecule has 0 aliphatic carbocycles. The number of hydrogen-bond donors (Lipinski definition) is 1. The third-order valence-corrected chi connectivity index (χ3v) is 2.69. The Balaban J connectivity index is 2.39. The molecule has 1 rings (SSSR count). The van der Waals surface area contributed by atoms with Gasteiger partial charge in [-0.2, -0.15) is 0 Å². The van der Waals surface area contributed by atoms with E-state index in [9.17, 15) is 0 Å². The van der Waals surface area contributed by atoms with Crippen molar-refractivity contribution in [3.05, 3.63) is 0 Å². The van der Waals surface area contributed by atoms with Crippen molar-refractivity contribution in [2.24, 2.45) is 10.7 Å². The molecule has 0 amide bonds. The molecule has 14 heavy (non-hydrogen) atoms. The first-order valence-electron chi connectivity index (χ1n) is 5.44. The Morgan fingerprint density at radius 2 is 1.86 bits per heavy atom. The lowest BCUT2D eigenvalue weighted by molar-refractivity contribution is 0.148. The van der Waals surface area contributed by atoms with Gasteiger partial charge in [0, 0.05) is 38.8 Å². The van der Waals surface area contributed by atoms with Crippen molar-refractivity contribution in [1.82, 2.24) is 9.80 Å². The standard InChI is InChI=1S/C10H22N4/c1-4-12-10(11)14-7-5-13(6-8-14)9(2)3/h9H,4-8H2,1-3H3,(H2,11,12). The second kappa shape index (κ2) is 5.20. The monoisotopic (exact) mass is 198 g/mol. The molecule has 0 saturated carbocycles. The Hall–Kier alpha value is -0.770. The molecule has 0 spiro atoms. The normalized spacial score (nSPS) is 20.6. The highest BCUT2D eigenvalue weighted by Gasteiger charge is 2.19. The molecule has 0 atom stereocenters. The predicted octanol–water partition coefficient (Wildman–Crippen LogP) is 0.347. The van der Waals surface area contributed by atoms with Crippen molar-refractivity contribution in [1.29, 1.82) is 0 Å². The summed E-state index contributed by atoms with van der Waals surface area (Å²) in [5, 5.41) is 0. The largest absolute Gasteiger partial charge is 0.370 e. The average Bonchev–Trinajstić information content (AvgIpc) is 2.18. The minimum Gasteiger partial charge on any atom is -0.370 e. The van der Waals surface area contributed by atoms with Gasteiger partial charge in [0.1, 0.15) is 0 Å². The van der Waals surface area contributed by atoms with Gasteiger partial charge in [0.2, 0.25) is 0 Å². The van der Waals surface area contributed by atoms with Gasteiger partial charge in [-0.25, -0.2) is 0 Å². The highest BCUT2D eigenvalue weighted by molar-refractivity contribution is 5.78. The lowest BCUT2D eigenvalue weighted by atomic mass is 10.2. The van der Waals surface area contributed by atoms with Crippen LogP contribution >= 0.6 is 0 Å². The Labute approximate surface area is 86.8 Å². The summed E-state index contributed by atoms with van der Waals surface area (Å²) in [7, 11) is 0. The number of nitrogens with zero attached hydrogens (tertiary/aromatic N) is 3. The fourth-order valence-electron chi connectivity index (χ4n) is 1.73. The van der Waals surface area contributed by atoms with Crippen molar-refractivity contribution < 1.29 is 0 Å². The van der Waals surface area contributed by atoms with E-state index in [1.165, 1.54) is 0 Å². The second-order valence-corrected chi connectivity index (χ2v) is 3.95. The number of rotatable bonds is 2. The van der Waals surface area contributed by atoms with Gasteiger partial charge in [-0.3, -0.25) is 9.89 Å². The molecule has 4 heteroatoms. The zero-order valence-electron chi connectivity index (χ0n) is 9.53. The van der Waals surface area contributed by atoms with Gasteiger partial charge in [-0.15, -0.1) is 0 Å². The highest BCUT2D eigenvalue weighted by atomic mass is 15.3. The molecular formula is C10H22N4. The van der Waals surface area contributed by atoms with E-state index < -0.39 is 0 Å². The number of guanidine groups is 1. The molecule has 0 unspecified atom stereocenters. The summed E-state index contributed by atoms with van der Waals surface area (Å²) < 4.78 is 0. The zero-order valence-corrected chi connectivity index (χ0v) is 9.53. The molecule has 0 aromatic heterocycles. The third kappa shape index (κ3) is 2.87. The zero-order chi connectivity index (χ0) is 10.6. The highest BCUT2D eigenvalue weighted by Crippen LogP contribution is 2.05. The SMILES string of the molecule is CCN=C(N)N1CCN(C(C)C)CC1. The first-order valence-corrected chi connectivity index (χ1v) is 5.44. The van der Waals surface area contributed by atoms with E-state index in [1.807, 2.05) is 6.92 Å². The van der Waals surface area contributed by atoms with Crippen LogP contribution in [0.2, 0.25) is 0 Å². The van der Waals surface area contributed by atoms with Crippen LogP contribution in [0.15, 0.2) is 4.99 Å². The summed E-state index contributed by atoms with van der Waals surface area (Å²) in [6.07, 6.45) is 0. The Morgan fingerprint density at radius 3 is 2.29 bits per heavy atom. The van der Waals surface area contributed by atoms with Crippen molar-refractivity contribution in [2.75, 3.05) is 32.7 Å². The maximum atomic E-state index is 5.84. The molecule has 1 aliphatic heterocycles. The Bertz CT molecular complexity index is 192. The summed E-state index contributed by atoms with van der Waals surface area (Å²) in [6.45, 7) is 11.5. The summed E-state index contributed by atoms with van der Waals surface area (Å²) in [4.78, 5) is 8.86. The van der Waals surface area contributed by atoms with E-state index >= 15 is 0 Å². The summed E-state index contributed by atoms with van der Waals surface area (Å²) in [6, 6.07) is 0.640. The molecule has 1 fully saturated rings. The molecule has 1 heterocycles. The van der Waals surface area contributed by atoms with Gasteiger partial charge in [0.05, 0.1) is 0 Å². The molecule has 0 aromatic carbocycles. The van der Waals surface area contributed by atoms with E-state index in [0.29, 0.717) is 12.0 Å². The van der Waals surface area contributed by atoms with Crippen molar-refractivity contribution in [3.8, 4) is 0 Å². The smallest absolute Gasteiger partial charge is 0.191 e. The summed E-state index contributed by atoms with van der Waals surface area (Å²) >= 11 is 0. The van der Waals surface area contributed by atoms with E-state index in [0.717, 1.165) is 32.7 Å². The number of hydrogen-bond acceptors (Lipinski definition) is 2. The quantitative estimate of drug-likeness (QED) is 0.514. The topological polar surface area (TPSA) is 44.9 Å². The fraction of sp³-hybridized carbons (Fsp3) is 0.900. The van der Waals surface area contributed by atoms with Crippen LogP contribution in [0, 0.1) is 0 Å². The number of aliphatic imine (C=N–C) groups is 1. The van der Waals surface area contributed by atoms with E-state index in [4.69, 9.17) is 5.73 Å². The predicted molar refractivity (Wildman–Crippen MR) is 60.4 cm³/mol. The molecule has 1 aliphatic rings. The number of nitrogens with two attached hydrogens (primary N) is 1. The van der Waals surface area contributed by atoms with Crippen molar-refractivity contribution >= 4 is 5.96 Å². The molecular weight excluding hydrogens is 176 g/mol. The van der Waals surface area contributed by atoms with Gasteiger partial charge < -0.3 is 10.6 Å². The first-order chi connectivity index (χ1) is 6.65. The van der Waals surface area contributed by atoms with Crippen LogP contribution in [0.5, 0.6) is 0 Å². The van der Waals surface area contributed by atoms with E-state index in [1.54, 1.807) is 0 Å². The average molecular weight is 198 g/mol. The lowest BCUT2D eigenvalue weighted by Gasteiger charge is -2.37. The minimum atomic E-state index is 0.640. The van der Waals surface area contributed by atoms with Crippen molar-refractivity contribution in [3.63, 3.8) is 0 Å². The van der Waals surface area contributed by atoms with Gasteiger partial charge in [0.25, 0.3) is 0 Å². The lowest BCUT2D eigenvalue weighted by Crippen LogP contribution is -2.52. The fourth-order valence-corrected chi connectivity index (χ4v) is 1.73. The van der Waals surface area contributed by atoms with Crippen molar-refractivity contribution in [2.45, 2.75) is 26.8 Å². The molecule has 0 radical (unpaired) electrons.